The maximum absolute atomic E-state index is 13.8. The Kier molecular flexibility index (Phi) is 5.68. The lowest BCUT2D eigenvalue weighted by Crippen LogP contribution is -2.63. The van der Waals surface area contributed by atoms with E-state index < -0.39 is 0 Å². The highest BCUT2D eigenvalue weighted by Crippen LogP contribution is 2.67. The number of amides is 1. The molecule has 3 N–H and O–H groups in total. The van der Waals surface area contributed by atoms with Gasteiger partial charge in [-0.2, -0.15) is 11.8 Å². The fraction of sp³-hybridized carbons (Fsp3) is 0.731. The minimum Gasteiger partial charge on any atom is -0.353 e. The van der Waals surface area contributed by atoms with Gasteiger partial charge in [0, 0.05) is 6.04 Å². The Hall–Kier alpha value is -1.00. The van der Waals surface area contributed by atoms with E-state index in [0.29, 0.717) is 29.7 Å². The first kappa shape index (κ1) is 20.9. The number of nitrogens with two attached hydrogens (primary N) is 1. The first-order valence-electron chi connectivity index (χ1n) is 12.1. The van der Waals surface area contributed by atoms with Gasteiger partial charge in [-0.05, 0) is 111 Å². The summed E-state index contributed by atoms with van der Waals surface area (Å²) >= 11 is 2.00. The van der Waals surface area contributed by atoms with Crippen LogP contribution >= 0.6 is 11.8 Å². The SMILES string of the molecule is CSCC1C2CC3(C(=O)N[C@H]4CC[C@H](CN)CC4)CC1CC(c1ccccc1)(C2)C3. The first-order valence-corrected chi connectivity index (χ1v) is 13.5. The molecule has 3 nitrogen and oxygen atoms in total. The third kappa shape index (κ3) is 3.52. The van der Waals surface area contributed by atoms with Crippen LogP contribution in [-0.4, -0.2) is 30.5 Å². The van der Waals surface area contributed by atoms with Gasteiger partial charge in [0.25, 0.3) is 0 Å². The van der Waals surface area contributed by atoms with Crippen molar-refractivity contribution < 1.29 is 4.79 Å². The summed E-state index contributed by atoms with van der Waals surface area (Å²) in [7, 11) is 0. The molecule has 0 aromatic heterocycles. The molecule has 1 aromatic rings. The van der Waals surface area contributed by atoms with E-state index in [-0.39, 0.29) is 10.8 Å². The summed E-state index contributed by atoms with van der Waals surface area (Å²) in [5.41, 5.74) is 7.44. The Morgan fingerprint density at radius 1 is 1.07 bits per heavy atom. The van der Waals surface area contributed by atoms with Crippen molar-refractivity contribution in [3.05, 3.63) is 35.9 Å². The topological polar surface area (TPSA) is 55.1 Å². The molecule has 0 radical (unpaired) electrons. The minimum atomic E-state index is -0.138. The number of carbonyl (C=O) groups is 1. The van der Waals surface area contributed by atoms with Crippen molar-refractivity contribution in [1.29, 1.82) is 0 Å². The molecule has 5 fully saturated rings. The van der Waals surface area contributed by atoms with Crippen LogP contribution in [0, 0.1) is 29.1 Å². The zero-order chi connectivity index (χ0) is 20.8. The average molecular weight is 427 g/mol. The molecule has 0 spiro atoms. The Balaban J connectivity index is 1.39. The highest BCUT2D eigenvalue weighted by molar-refractivity contribution is 7.98. The molecule has 0 saturated heterocycles. The normalized spacial score (nSPS) is 42.3. The Morgan fingerprint density at radius 3 is 2.33 bits per heavy atom. The highest BCUT2D eigenvalue weighted by Gasteiger charge is 2.63. The van der Waals surface area contributed by atoms with Crippen molar-refractivity contribution >= 4 is 17.7 Å². The maximum Gasteiger partial charge on any atom is 0.226 e. The lowest BCUT2D eigenvalue weighted by atomic mass is 9.40. The van der Waals surface area contributed by atoms with Crippen molar-refractivity contribution in [3.63, 3.8) is 0 Å². The van der Waals surface area contributed by atoms with E-state index in [1.165, 1.54) is 37.0 Å². The van der Waals surface area contributed by atoms with Gasteiger partial charge in [0.2, 0.25) is 5.91 Å². The molecular weight excluding hydrogens is 388 g/mol. The zero-order valence-electron chi connectivity index (χ0n) is 18.4. The van der Waals surface area contributed by atoms with Crippen molar-refractivity contribution in [1.82, 2.24) is 5.32 Å². The average Bonchev–Trinajstić information content (AvgIpc) is 2.77. The van der Waals surface area contributed by atoms with E-state index in [1.54, 1.807) is 0 Å². The van der Waals surface area contributed by atoms with Crippen LogP contribution in [0.5, 0.6) is 0 Å². The number of nitrogens with one attached hydrogen (secondary N) is 1. The number of hydrogen-bond acceptors (Lipinski definition) is 3. The monoisotopic (exact) mass is 426 g/mol. The summed E-state index contributed by atoms with van der Waals surface area (Å²) in [6.45, 7) is 0.796. The van der Waals surface area contributed by atoms with Crippen LogP contribution < -0.4 is 11.1 Å². The Morgan fingerprint density at radius 2 is 1.73 bits per heavy atom. The molecule has 5 aliphatic rings. The summed E-state index contributed by atoms with van der Waals surface area (Å²) in [5.74, 6) is 4.52. The fourth-order valence-electron chi connectivity index (χ4n) is 7.99. The van der Waals surface area contributed by atoms with Gasteiger partial charge < -0.3 is 11.1 Å². The molecule has 164 valence electrons. The van der Waals surface area contributed by atoms with Crippen molar-refractivity contribution in [3.8, 4) is 0 Å². The van der Waals surface area contributed by atoms with E-state index in [2.05, 4.69) is 41.9 Å². The largest absolute Gasteiger partial charge is 0.353 e. The molecule has 1 aromatic carbocycles. The predicted molar refractivity (Wildman–Crippen MR) is 125 cm³/mol. The summed E-state index contributed by atoms with van der Waals surface area (Å²) in [6, 6.07) is 11.5. The molecular formula is C26H38N2OS. The lowest BCUT2D eigenvalue weighted by molar-refractivity contribution is -0.156. The van der Waals surface area contributed by atoms with E-state index in [0.717, 1.165) is 44.6 Å². The number of thioether (sulfide) groups is 1. The molecule has 4 heteroatoms. The molecule has 6 rings (SSSR count). The van der Waals surface area contributed by atoms with Crippen LogP contribution in [0.25, 0.3) is 0 Å². The van der Waals surface area contributed by atoms with Crippen LogP contribution in [0.2, 0.25) is 0 Å². The summed E-state index contributed by atoms with van der Waals surface area (Å²) in [4.78, 5) is 13.8. The van der Waals surface area contributed by atoms with Gasteiger partial charge in [-0.3, -0.25) is 4.79 Å². The van der Waals surface area contributed by atoms with Crippen LogP contribution in [0.15, 0.2) is 30.3 Å². The van der Waals surface area contributed by atoms with Gasteiger partial charge in [-0.25, -0.2) is 0 Å². The molecule has 2 unspecified atom stereocenters. The third-order valence-corrected chi connectivity index (χ3v) is 9.96. The predicted octanol–water partition coefficient (Wildman–Crippen LogP) is 4.75. The molecule has 0 aliphatic heterocycles. The standard InChI is InChI=1S/C26H38N2OS/c1-30-16-23-19-11-25(21-5-3-2-4-6-21)12-20(23)14-26(13-19,17-25)24(29)28-22-9-7-18(15-27)8-10-22/h2-6,18-20,22-23H,7-17,27H2,1H3,(H,28,29)/t18-,19?,20?,22-,23?,25?,26?. The van der Waals surface area contributed by atoms with Gasteiger partial charge in [0.15, 0.2) is 0 Å². The Bertz CT molecular complexity index is 742. The fourth-order valence-corrected chi connectivity index (χ4v) is 8.92. The number of hydrogen-bond donors (Lipinski definition) is 2. The molecule has 5 aliphatic carbocycles. The minimum absolute atomic E-state index is 0.138. The van der Waals surface area contributed by atoms with E-state index in [1.807, 2.05) is 11.8 Å². The summed E-state index contributed by atoms with van der Waals surface area (Å²) in [6.07, 6.45) is 12.7. The van der Waals surface area contributed by atoms with Crippen LogP contribution in [-0.2, 0) is 10.2 Å². The second-order valence-electron chi connectivity index (χ2n) is 11.0. The van der Waals surface area contributed by atoms with Gasteiger partial charge in [-0.15, -0.1) is 0 Å². The smallest absolute Gasteiger partial charge is 0.226 e. The zero-order valence-corrected chi connectivity index (χ0v) is 19.3. The van der Waals surface area contributed by atoms with Crippen LogP contribution in [0.1, 0.15) is 63.4 Å². The molecule has 0 heterocycles. The summed E-state index contributed by atoms with van der Waals surface area (Å²) < 4.78 is 0. The van der Waals surface area contributed by atoms with Gasteiger partial charge in [0.05, 0.1) is 5.41 Å². The van der Waals surface area contributed by atoms with E-state index >= 15 is 0 Å². The number of carbonyl (C=O) groups excluding carboxylic acids is 1. The number of benzene rings is 1. The maximum atomic E-state index is 13.8. The van der Waals surface area contributed by atoms with Crippen LogP contribution in [0.4, 0.5) is 0 Å². The molecule has 2 atom stereocenters. The van der Waals surface area contributed by atoms with Crippen molar-refractivity contribution in [2.75, 3.05) is 18.6 Å². The van der Waals surface area contributed by atoms with Crippen molar-refractivity contribution in [2.45, 2.75) is 69.2 Å². The lowest BCUT2D eigenvalue weighted by Gasteiger charge is -2.64. The molecule has 30 heavy (non-hydrogen) atoms. The van der Waals surface area contributed by atoms with Gasteiger partial charge >= 0.3 is 0 Å². The molecule has 4 bridgehead atoms. The second kappa shape index (κ2) is 8.16. The van der Waals surface area contributed by atoms with Crippen molar-refractivity contribution in [2.24, 2.45) is 34.8 Å². The molecule has 1 amide bonds. The number of rotatable bonds is 6. The van der Waals surface area contributed by atoms with Gasteiger partial charge in [-0.1, -0.05) is 30.3 Å². The Labute approximate surface area is 186 Å². The second-order valence-corrected chi connectivity index (χ2v) is 11.9. The highest BCUT2D eigenvalue weighted by atomic mass is 32.2. The first-order chi connectivity index (χ1) is 14.6. The van der Waals surface area contributed by atoms with E-state index in [4.69, 9.17) is 5.73 Å². The quantitative estimate of drug-likeness (QED) is 0.690. The molecule has 5 saturated carbocycles. The van der Waals surface area contributed by atoms with Gasteiger partial charge in [0.1, 0.15) is 0 Å². The van der Waals surface area contributed by atoms with Crippen LogP contribution in [0.3, 0.4) is 0 Å². The summed E-state index contributed by atoms with van der Waals surface area (Å²) in [5, 5.41) is 3.55. The third-order valence-electron chi connectivity index (χ3n) is 9.24. The van der Waals surface area contributed by atoms with E-state index in [9.17, 15) is 4.79 Å².